The van der Waals surface area contributed by atoms with Gasteiger partial charge >= 0.3 is 5.97 Å². The predicted molar refractivity (Wildman–Crippen MR) is 65.7 cm³/mol. The van der Waals surface area contributed by atoms with E-state index >= 15 is 0 Å². The van der Waals surface area contributed by atoms with Crippen molar-refractivity contribution in [2.45, 2.75) is 32.6 Å². The molecule has 1 rings (SSSR count). The van der Waals surface area contributed by atoms with Crippen molar-refractivity contribution in [1.82, 2.24) is 4.90 Å². The van der Waals surface area contributed by atoms with E-state index in [2.05, 4.69) is 0 Å². The van der Waals surface area contributed by atoms with Crippen LogP contribution >= 0.6 is 0 Å². The average Bonchev–Trinajstić information content (AvgIpc) is 2.36. The lowest BCUT2D eigenvalue weighted by molar-refractivity contribution is -0.144. The van der Waals surface area contributed by atoms with Crippen LogP contribution in [0.5, 0.6) is 0 Å². The van der Waals surface area contributed by atoms with E-state index in [0.717, 1.165) is 17.7 Å². The molecule has 1 aliphatic carbocycles. The lowest BCUT2D eigenvalue weighted by Gasteiger charge is -2.28. The Hall–Kier alpha value is -1.65. The number of imide groups is 1. The first-order chi connectivity index (χ1) is 8.58. The highest BCUT2D eigenvalue weighted by Gasteiger charge is 2.27. The first-order valence-corrected chi connectivity index (χ1v) is 6.19. The van der Waals surface area contributed by atoms with Gasteiger partial charge in [0.1, 0.15) is 0 Å². The number of carbonyl (C=O) groups excluding carboxylic acids is 2. The van der Waals surface area contributed by atoms with E-state index in [0.29, 0.717) is 25.8 Å². The van der Waals surface area contributed by atoms with Crippen molar-refractivity contribution in [3.8, 4) is 0 Å². The maximum atomic E-state index is 11.5. The van der Waals surface area contributed by atoms with Gasteiger partial charge in [-0.15, -0.1) is 0 Å². The van der Waals surface area contributed by atoms with E-state index in [1.54, 1.807) is 13.0 Å². The maximum absolute atomic E-state index is 11.5. The fourth-order valence-corrected chi connectivity index (χ4v) is 2.29. The molecular weight excluding hydrogens is 234 g/mol. The van der Waals surface area contributed by atoms with Gasteiger partial charge in [-0.2, -0.15) is 0 Å². The molecule has 0 aromatic heterocycles. The third-order valence-electron chi connectivity index (χ3n) is 3.37. The second-order valence-corrected chi connectivity index (χ2v) is 4.65. The summed E-state index contributed by atoms with van der Waals surface area (Å²) in [5.41, 5.74) is 0. The van der Waals surface area contributed by atoms with Crippen LogP contribution in [-0.2, 0) is 14.4 Å². The van der Waals surface area contributed by atoms with E-state index in [1.807, 2.05) is 0 Å². The Labute approximate surface area is 106 Å². The van der Waals surface area contributed by atoms with Crippen LogP contribution in [0.2, 0.25) is 0 Å². The van der Waals surface area contributed by atoms with E-state index in [-0.39, 0.29) is 17.7 Å². The van der Waals surface area contributed by atoms with Gasteiger partial charge in [0, 0.05) is 6.54 Å². The Morgan fingerprint density at radius 2 is 1.89 bits per heavy atom. The summed E-state index contributed by atoms with van der Waals surface area (Å²) in [6, 6.07) is 0. The zero-order valence-corrected chi connectivity index (χ0v) is 10.5. The van der Waals surface area contributed by atoms with Crippen molar-refractivity contribution in [3.63, 3.8) is 0 Å². The largest absolute Gasteiger partial charge is 0.481 e. The van der Waals surface area contributed by atoms with Gasteiger partial charge in [-0.25, -0.2) is 0 Å². The number of carbonyl (C=O) groups is 3. The van der Waals surface area contributed by atoms with Crippen molar-refractivity contribution in [2.75, 3.05) is 6.54 Å². The van der Waals surface area contributed by atoms with Crippen LogP contribution in [0.25, 0.3) is 0 Å². The van der Waals surface area contributed by atoms with Crippen LogP contribution < -0.4 is 0 Å². The van der Waals surface area contributed by atoms with Crippen LogP contribution in [-0.4, -0.2) is 34.8 Å². The summed E-state index contributed by atoms with van der Waals surface area (Å²) >= 11 is 0. The van der Waals surface area contributed by atoms with Gasteiger partial charge in [-0.1, -0.05) is 6.08 Å². The zero-order chi connectivity index (χ0) is 13.5. The lowest BCUT2D eigenvalue weighted by atomic mass is 9.82. The van der Waals surface area contributed by atoms with Gasteiger partial charge in [0.25, 0.3) is 5.91 Å². The highest BCUT2D eigenvalue weighted by atomic mass is 16.4. The fourth-order valence-electron chi connectivity index (χ4n) is 2.29. The Balaban J connectivity index is 2.46. The average molecular weight is 253 g/mol. The quantitative estimate of drug-likeness (QED) is 0.594. The first kappa shape index (κ1) is 14.4. The standard InChI is InChI=1S/C13H19NO4/c1-2-3-12(16)14(9-15)8-10-4-6-11(7-5-10)13(17)18/h2-3,9-11H,4-8H2,1H3,(H,17,18)/b3-2-. The van der Waals surface area contributed by atoms with Crippen molar-refractivity contribution >= 4 is 18.3 Å². The number of allylic oxidation sites excluding steroid dienone is 1. The highest BCUT2D eigenvalue weighted by molar-refractivity contribution is 5.94. The summed E-state index contributed by atoms with van der Waals surface area (Å²) < 4.78 is 0. The lowest BCUT2D eigenvalue weighted by Crippen LogP contribution is -2.35. The number of rotatable bonds is 5. The minimum atomic E-state index is -0.745. The van der Waals surface area contributed by atoms with Crippen molar-refractivity contribution < 1.29 is 19.5 Å². The SMILES string of the molecule is C/C=C\C(=O)N(C=O)CC1CCC(C(=O)O)CC1. The van der Waals surface area contributed by atoms with Crippen molar-refractivity contribution in [1.29, 1.82) is 0 Å². The molecule has 2 amide bonds. The van der Waals surface area contributed by atoms with Crippen molar-refractivity contribution in [3.05, 3.63) is 12.2 Å². The van der Waals surface area contributed by atoms with Crippen LogP contribution in [0, 0.1) is 11.8 Å². The van der Waals surface area contributed by atoms with Gasteiger partial charge in [-0.3, -0.25) is 19.3 Å². The summed E-state index contributed by atoms with van der Waals surface area (Å²) in [4.78, 5) is 34.3. The Bertz CT molecular complexity index is 343. The molecule has 1 fully saturated rings. The summed E-state index contributed by atoms with van der Waals surface area (Å²) in [6.07, 6.45) is 6.27. The van der Waals surface area contributed by atoms with Crippen LogP contribution in [0.4, 0.5) is 0 Å². The van der Waals surface area contributed by atoms with Gasteiger partial charge in [0.2, 0.25) is 6.41 Å². The third kappa shape index (κ3) is 3.98. The normalized spacial score (nSPS) is 23.8. The Morgan fingerprint density at radius 1 is 1.28 bits per heavy atom. The number of amides is 2. The number of carboxylic acid groups (broad SMARTS) is 1. The highest BCUT2D eigenvalue weighted by Crippen LogP contribution is 2.29. The fraction of sp³-hybridized carbons (Fsp3) is 0.615. The van der Waals surface area contributed by atoms with Gasteiger partial charge in [0.15, 0.2) is 0 Å². The summed E-state index contributed by atoms with van der Waals surface area (Å²) in [7, 11) is 0. The maximum Gasteiger partial charge on any atom is 0.306 e. The number of nitrogens with zero attached hydrogens (tertiary/aromatic N) is 1. The molecule has 18 heavy (non-hydrogen) atoms. The van der Waals surface area contributed by atoms with Crippen LogP contribution in [0.1, 0.15) is 32.6 Å². The van der Waals surface area contributed by atoms with Crippen molar-refractivity contribution in [2.24, 2.45) is 11.8 Å². The van der Waals surface area contributed by atoms with Gasteiger partial charge in [0.05, 0.1) is 5.92 Å². The minimum absolute atomic E-state index is 0.222. The molecule has 1 aliphatic rings. The number of aliphatic carboxylic acids is 1. The molecule has 0 saturated heterocycles. The monoisotopic (exact) mass is 253 g/mol. The van der Waals surface area contributed by atoms with Crippen LogP contribution in [0.15, 0.2) is 12.2 Å². The Kier molecular flexibility index (Phi) is 5.55. The molecule has 0 radical (unpaired) electrons. The smallest absolute Gasteiger partial charge is 0.306 e. The molecule has 1 saturated carbocycles. The molecule has 0 aromatic carbocycles. The summed E-state index contributed by atoms with van der Waals surface area (Å²) in [6.45, 7) is 2.11. The molecule has 1 N–H and O–H groups in total. The molecule has 0 unspecified atom stereocenters. The zero-order valence-electron chi connectivity index (χ0n) is 10.5. The molecule has 0 atom stereocenters. The molecule has 0 aliphatic heterocycles. The molecule has 100 valence electrons. The summed E-state index contributed by atoms with van der Waals surface area (Å²) in [5.74, 6) is -1.10. The predicted octanol–water partition coefficient (Wildman–Crippen LogP) is 1.44. The molecule has 0 spiro atoms. The Morgan fingerprint density at radius 3 is 2.33 bits per heavy atom. The third-order valence-corrected chi connectivity index (χ3v) is 3.37. The first-order valence-electron chi connectivity index (χ1n) is 6.19. The topological polar surface area (TPSA) is 74.7 Å². The van der Waals surface area contributed by atoms with Crippen LogP contribution in [0.3, 0.4) is 0 Å². The second kappa shape index (κ2) is 6.93. The molecular formula is C13H19NO4. The van der Waals surface area contributed by atoms with E-state index in [1.165, 1.54) is 6.08 Å². The molecule has 5 heteroatoms. The second-order valence-electron chi connectivity index (χ2n) is 4.65. The summed E-state index contributed by atoms with van der Waals surface area (Å²) in [5, 5.41) is 8.88. The number of carboxylic acids is 1. The van der Waals surface area contributed by atoms with E-state index in [4.69, 9.17) is 5.11 Å². The molecule has 0 aromatic rings. The van der Waals surface area contributed by atoms with Gasteiger partial charge < -0.3 is 5.11 Å². The molecule has 5 nitrogen and oxygen atoms in total. The minimum Gasteiger partial charge on any atom is -0.481 e. The molecule has 0 bridgehead atoms. The number of hydrogen-bond acceptors (Lipinski definition) is 3. The van der Waals surface area contributed by atoms with E-state index in [9.17, 15) is 14.4 Å². The van der Waals surface area contributed by atoms with Gasteiger partial charge in [-0.05, 0) is 44.6 Å². The van der Waals surface area contributed by atoms with E-state index < -0.39 is 5.97 Å². The molecule has 0 heterocycles. The number of hydrogen-bond donors (Lipinski definition) is 1.